The molecule has 76 valence electrons. The van der Waals surface area contributed by atoms with Gasteiger partial charge in [0, 0.05) is 7.05 Å². The van der Waals surface area contributed by atoms with E-state index in [1.807, 2.05) is 0 Å². The molecule has 0 saturated heterocycles. The van der Waals surface area contributed by atoms with Gasteiger partial charge in [-0.05, 0) is 12.1 Å². The SMILES string of the molecule is CN(N)C(=O)COc1ccccc1F. The van der Waals surface area contributed by atoms with Crippen LogP contribution in [0.25, 0.3) is 0 Å². The second kappa shape index (κ2) is 4.57. The summed E-state index contributed by atoms with van der Waals surface area (Å²) in [6, 6.07) is 5.86. The number of rotatable bonds is 3. The van der Waals surface area contributed by atoms with Gasteiger partial charge < -0.3 is 4.74 Å². The van der Waals surface area contributed by atoms with Crippen molar-refractivity contribution in [2.24, 2.45) is 5.84 Å². The Morgan fingerprint density at radius 3 is 2.79 bits per heavy atom. The van der Waals surface area contributed by atoms with Crippen molar-refractivity contribution in [3.63, 3.8) is 0 Å². The van der Waals surface area contributed by atoms with Crippen molar-refractivity contribution in [3.8, 4) is 5.75 Å². The Labute approximate surface area is 81.0 Å². The van der Waals surface area contributed by atoms with Gasteiger partial charge in [-0.25, -0.2) is 10.2 Å². The Kier molecular flexibility index (Phi) is 3.41. The Balaban J connectivity index is 2.54. The summed E-state index contributed by atoms with van der Waals surface area (Å²) in [5.74, 6) is 4.27. The zero-order valence-electron chi connectivity index (χ0n) is 7.74. The van der Waals surface area contributed by atoms with E-state index in [0.717, 1.165) is 5.01 Å². The summed E-state index contributed by atoms with van der Waals surface area (Å²) in [7, 11) is 1.40. The molecule has 0 aliphatic heterocycles. The van der Waals surface area contributed by atoms with Crippen LogP contribution in [0.2, 0.25) is 0 Å². The monoisotopic (exact) mass is 198 g/mol. The molecule has 1 aromatic rings. The van der Waals surface area contributed by atoms with Crippen molar-refractivity contribution >= 4 is 5.91 Å². The van der Waals surface area contributed by atoms with Gasteiger partial charge in [0.15, 0.2) is 18.2 Å². The Bertz CT molecular complexity index is 328. The number of carbonyl (C=O) groups excluding carboxylic acids is 1. The molecule has 0 bridgehead atoms. The van der Waals surface area contributed by atoms with Crippen LogP contribution >= 0.6 is 0 Å². The van der Waals surface area contributed by atoms with Gasteiger partial charge >= 0.3 is 0 Å². The fourth-order valence-corrected chi connectivity index (χ4v) is 0.803. The van der Waals surface area contributed by atoms with Crippen LogP contribution in [0.15, 0.2) is 24.3 Å². The maximum absolute atomic E-state index is 13.0. The average Bonchev–Trinajstić information content (AvgIpc) is 2.16. The average molecular weight is 198 g/mol. The van der Waals surface area contributed by atoms with Crippen LogP contribution in [-0.4, -0.2) is 24.6 Å². The number of hydrogen-bond donors (Lipinski definition) is 1. The van der Waals surface area contributed by atoms with Crippen molar-refractivity contribution in [1.29, 1.82) is 0 Å². The summed E-state index contributed by atoms with van der Waals surface area (Å²) < 4.78 is 17.9. The van der Waals surface area contributed by atoms with E-state index in [9.17, 15) is 9.18 Å². The van der Waals surface area contributed by atoms with E-state index < -0.39 is 11.7 Å². The lowest BCUT2D eigenvalue weighted by Gasteiger charge is -2.11. The molecule has 0 saturated carbocycles. The number of nitrogens with two attached hydrogens (primary N) is 1. The number of benzene rings is 1. The van der Waals surface area contributed by atoms with Gasteiger partial charge in [-0.2, -0.15) is 0 Å². The van der Waals surface area contributed by atoms with E-state index in [-0.39, 0.29) is 12.4 Å². The van der Waals surface area contributed by atoms with Gasteiger partial charge in [0.1, 0.15) is 0 Å². The molecule has 1 aromatic carbocycles. The molecule has 0 atom stereocenters. The number of hydrazine groups is 1. The lowest BCUT2D eigenvalue weighted by molar-refractivity contribution is -0.132. The second-order valence-electron chi connectivity index (χ2n) is 2.72. The first-order valence-corrected chi connectivity index (χ1v) is 4.00. The first kappa shape index (κ1) is 10.5. The minimum atomic E-state index is -0.500. The zero-order valence-corrected chi connectivity index (χ0v) is 7.74. The third-order valence-corrected chi connectivity index (χ3v) is 1.58. The smallest absolute Gasteiger partial charge is 0.274 e. The third kappa shape index (κ3) is 2.70. The quantitative estimate of drug-likeness (QED) is 0.438. The summed E-state index contributed by atoms with van der Waals surface area (Å²) in [6.45, 7) is -0.270. The van der Waals surface area contributed by atoms with E-state index >= 15 is 0 Å². The van der Waals surface area contributed by atoms with Crippen LogP contribution in [0.3, 0.4) is 0 Å². The number of ether oxygens (including phenoxy) is 1. The third-order valence-electron chi connectivity index (χ3n) is 1.58. The van der Waals surface area contributed by atoms with Crippen LogP contribution in [-0.2, 0) is 4.79 Å². The van der Waals surface area contributed by atoms with E-state index in [4.69, 9.17) is 10.6 Å². The molecule has 0 spiro atoms. The molecule has 0 aliphatic carbocycles. The molecule has 2 N–H and O–H groups in total. The van der Waals surface area contributed by atoms with Gasteiger partial charge in [-0.3, -0.25) is 9.80 Å². The van der Waals surface area contributed by atoms with Crippen LogP contribution in [0.1, 0.15) is 0 Å². The number of halogens is 1. The number of likely N-dealkylation sites (N-methyl/N-ethyl adjacent to an activating group) is 1. The topological polar surface area (TPSA) is 55.6 Å². The Morgan fingerprint density at radius 1 is 1.57 bits per heavy atom. The summed E-state index contributed by atoms with van der Waals surface area (Å²) in [5.41, 5.74) is 0. The van der Waals surface area contributed by atoms with E-state index in [1.54, 1.807) is 12.1 Å². The number of carbonyl (C=O) groups is 1. The van der Waals surface area contributed by atoms with E-state index in [2.05, 4.69) is 0 Å². The van der Waals surface area contributed by atoms with Gasteiger partial charge in [0.25, 0.3) is 5.91 Å². The summed E-state index contributed by atoms with van der Waals surface area (Å²) in [6.07, 6.45) is 0. The van der Waals surface area contributed by atoms with E-state index in [1.165, 1.54) is 19.2 Å². The molecule has 5 heteroatoms. The van der Waals surface area contributed by atoms with Crippen LogP contribution in [0.4, 0.5) is 4.39 Å². The molecule has 14 heavy (non-hydrogen) atoms. The highest BCUT2D eigenvalue weighted by Crippen LogP contribution is 2.14. The van der Waals surface area contributed by atoms with E-state index in [0.29, 0.717) is 0 Å². The lowest BCUT2D eigenvalue weighted by Crippen LogP contribution is -2.36. The molecule has 0 radical (unpaired) electrons. The van der Waals surface area contributed by atoms with Crippen LogP contribution in [0, 0.1) is 5.82 Å². The summed E-state index contributed by atoms with van der Waals surface area (Å²) in [4.78, 5) is 11.0. The first-order valence-electron chi connectivity index (χ1n) is 4.00. The van der Waals surface area contributed by atoms with Crippen molar-refractivity contribution in [3.05, 3.63) is 30.1 Å². The molecule has 1 rings (SSSR count). The minimum absolute atomic E-state index is 0.0442. The highest BCUT2D eigenvalue weighted by atomic mass is 19.1. The largest absolute Gasteiger partial charge is 0.481 e. The fourth-order valence-electron chi connectivity index (χ4n) is 0.803. The van der Waals surface area contributed by atoms with Gasteiger partial charge in [0.2, 0.25) is 0 Å². The fraction of sp³-hybridized carbons (Fsp3) is 0.222. The lowest BCUT2D eigenvalue weighted by atomic mass is 10.3. The Hall–Kier alpha value is -1.62. The van der Waals surface area contributed by atoms with Crippen molar-refractivity contribution in [1.82, 2.24) is 5.01 Å². The Morgan fingerprint density at radius 2 is 2.21 bits per heavy atom. The summed E-state index contributed by atoms with van der Waals surface area (Å²) in [5, 5.41) is 0.890. The molecule has 0 unspecified atom stereocenters. The highest BCUT2D eigenvalue weighted by molar-refractivity contribution is 5.76. The second-order valence-corrected chi connectivity index (χ2v) is 2.72. The molecule has 0 aliphatic rings. The minimum Gasteiger partial charge on any atom is -0.481 e. The predicted octanol–water partition coefficient (Wildman–Crippen LogP) is 0.537. The molecule has 1 amide bonds. The van der Waals surface area contributed by atoms with Crippen molar-refractivity contribution in [2.45, 2.75) is 0 Å². The maximum Gasteiger partial charge on any atom is 0.274 e. The first-order chi connectivity index (χ1) is 6.61. The summed E-state index contributed by atoms with van der Waals surface area (Å²) >= 11 is 0. The zero-order chi connectivity index (χ0) is 10.6. The molecule has 0 heterocycles. The van der Waals surface area contributed by atoms with Crippen LogP contribution in [0.5, 0.6) is 5.75 Å². The van der Waals surface area contributed by atoms with Gasteiger partial charge in [-0.1, -0.05) is 12.1 Å². The van der Waals surface area contributed by atoms with Crippen LogP contribution < -0.4 is 10.6 Å². The highest BCUT2D eigenvalue weighted by Gasteiger charge is 2.07. The number of para-hydroxylation sites is 1. The van der Waals surface area contributed by atoms with Crippen molar-refractivity contribution in [2.75, 3.05) is 13.7 Å². The molecular formula is C9H11FN2O2. The number of hydrogen-bond acceptors (Lipinski definition) is 3. The van der Waals surface area contributed by atoms with Gasteiger partial charge in [0.05, 0.1) is 0 Å². The number of amides is 1. The maximum atomic E-state index is 13.0. The number of nitrogens with zero attached hydrogens (tertiary/aromatic N) is 1. The predicted molar refractivity (Wildman–Crippen MR) is 48.9 cm³/mol. The van der Waals surface area contributed by atoms with Gasteiger partial charge in [-0.15, -0.1) is 0 Å². The molecule has 0 fully saturated rings. The van der Waals surface area contributed by atoms with Crippen molar-refractivity contribution < 1.29 is 13.9 Å². The molecule has 4 nitrogen and oxygen atoms in total. The molecular weight excluding hydrogens is 187 g/mol. The molecule has 0 aromatic heterocycles. The normalized spacial score (nSPS) is 9.64. The standard InChI is InChI=1S/C9H11FN2O2/c1-12(11)9(13)6-14-8-5-3-2-4-7(8)10/h2-5H,6,11H2,1H3.